The van der Waals surface area contributed by atoms with Crippen LogP contribution in [0.3, 0.4) is 0 Å². The van der Waals surface area contributed by atoms with Crippen LogP contribution in [-0.4, -0.2) is 33.9 Å². The number of aryl methyl sites for hydroxylation is 1. The van der Waals surface area contributed by atoms with Gasteiger partial charge in [-0.05, 0) is 43.2 Å². The van der Waals surface area contributed by atoms with Gasteiger partial charge in [-0.2, -0.15) is 0 Å². The van der Waals surface area contributed by atoms with Crippen molar-refractivity contribution in [2.75, 3.05) is 13.1 Å². The quantitative estimate of drug-likeness (QED) is 0.849. The van der Waals surface area contributed by atoms with Gasteiger partial charge in [-0.3, -0.25) is 9.59 Å². The van der Waals surface area contributed by atoms with E-state index in [-0.39, 0.29) is 23.3 Å². The Kier molecular flexibility index (Phi) is 6.21. The van der Waals surface area contributed by atoms with Gasteiger partial charge < -0.3 is 9.88 Å². The first-order valence-corrected chi connectivity index (χ1v) is 9.67. The largest absolute Gasteiger partial charge is 0.338 e. The molecule has 1 saturated heterocycles. The van der Waals surface area contributed by atoms with Crippen molar-refractivity contribution in [3.05, 3.63) is 63.3 Å². The molecule has 1 atom stereocenters. The second-order valence-electron chi connectivity index (χ2n) is 7.70. The van der Waals surface area contributed by atoms with Crippen LogP contribution in [0.4, 0.5) is 8.78 Å². The highest BCUT2D eigenvalue weighted by molar-refractivity contribution is 5.93. The second kappa shape index (κ2) is 8.63. The van der Waals surface area contributed by atoms with E-state index in [0.717, 1.165) is 18.9 Å². The monoisotopic (exact) mass is 389 g/mol. The van der Waals surface area contributed by atoms with Crippen molar-refractivity contribution in [2.45, 2.75) is 45.4 Å². The van der Waals surface area contributed by atoms with Gasteiger partial charge in [-0.25, -0.2) is 13.8 Å². The number of nitrogens with one attached hydrogen (secondary N) is 1. The summed E-state index contributed by atoms with van der Waals surface area (Å²) in [6, 6.07) is 3.62. The molecule has 1 aromatic heterocycles. The summed E-state index contributed by atoms with van der Waals surface area (Å²) in [7, 11) is 0. The summed E-state index contributed by atoms with van der Waals surface area (Å²) in [5.74, 6) is -0.599. The fraction of sp³-hybridized carbons (Fsp3) is 0.476. The molecule has 5 nitrogen and oxygen atoms in total. The number of nitrogens with zero attached hydrogens (tertiary/aromatic N) is 2. The zero-order valence-corrected chi connectivity index (χ0v) is 16.2. The van der Waals surface area contributed by atoms with Crippen LogP contribution in [0.5, 0.6) is 0 Å². The van der Waals surface area contributed by atoms with Crippen LogP contribution in [0.15, 0.2) is 29.2 Å². The van der Waals surface area contributed by atoms with E-state index in [1.54, 1.807) is 4.90 Å². The summed E-state index contributed by atoms with van der Waals surface area (Å²) >= 11 is 0. The van der Waals surface area contributed by atoms with E-state index in [1.807, 2.05) is 13.8 Å². The minimum absolute atomic E-state index is 0.0506. The number of hydrogen-bond acceptors (Lipinski definition) is 3. The molecule has 1 aliphatic heterocycles. The highest BCUT2D eigenvalue weighted by Crippen LogP contribution is 2.23. The lowest BCUT2D eigenvalue weighted by Gasteiger charge is -2.32. The van der Waals surface area contributed by atoms with Crippen LogP contribution in [-0.2, 0) is 6.42 Å². The Balaban J connectivity index is 1.64. The van der Waals surface area contributed by atoms with Gasteiger partial charge in [0.1, 0.15) is 23.0 Å². The van der Waals surface area contributed by atoms with E-state index in [0.29, 0.717) is 37.3 Å². The number of piperidine rings is 1. The van der Waals surface area contributed by atoms with E-state index < -0.39 is 17.2 Å². The Hall–Kier alpha value is -2.57. The number of aromatic nitrogens is 2. The number of halogens is 2. The molecule has 1 unspecified atom stereocenters. The van der Waals surface area contributed by atoms with E-state index in [9.17, 15) is 18.4 Å². The number of benzene rings is 1. The van der Waals surface area contributed by atoms with Gasteiger partial charge in [-0.1, -0.05) is 19.9 Å². The zero-order valence-electron chi connectivity index (χ0n) is 16.2. The van der Waals surface area contributed by atoms with Gasteiger partial charge in [0.05, 0.1) is 0 Å². The number of aromatic amines is 1. The number of likely N-dealkylation sites (tertiary alicyclic amines) is 1. The minimum Gasteiger partial charge on any atom is -0.338 e. The first-order valence-electron chi connectivity index (χ1n) is 9.67. The number of hydrogen-bond donors (Lipinski definition) is 1. The Morgan fingerprint density at radius 3 is 2.82 bits per heavy atom. The van der Waals surface area contributed by atoms with Crippen LogP contribution in [0, 0.1) is 17.6 Å². The average Bonchev–Trinajstić information content (AvgIpc) is 2.67. The Morgan fingerprint density at radius 2 is 2.14 bits per heavy atom. The number of carbonyl (C=O) groups excluding carboxylic acids is 1. The van der Waals surface area contributed by atoms with Crippen LogP contribution < -0.4 is 5.56 Å². The molecule has 1 fully saturated rings. The normalized spacial score (nSPS) is 17.2. The molecule has 1 aromatic carbocycles. The Morgan fingerprint density at radius 1 is 1.36 bits per heavy atom. The summed E-state index contributed by atoms with van der Waals surface area (Å²) in [5, 5.41) is 0. The van der Waals surface area contributed by atoms with E-state index >= 15 is 0 Å². The van der Waals surface area contributed by atoms with E-state index in [2.05, 4.69) is 9.97 Å². The molecule has 0 radical (unpaired) electrons. The van der Waals surface area contributed by atoms with E-state index in [4.69, 9.17) is 0 Å². The van der Waals surface area contributed by atoms with Crippen molar-refractivity contribution in [2.24, 2.45) is 5.92 Å². The molecule has 0 spiro atoms. The van der Waals surface area contributed by atoms with Crippen molar-refractivity contribution in [3.63, 3.8) is 0 Å². The number of carbonyl (C=O) groups is 1. The summed E-state index contributed by atoms with van der Waals surface area (Å²) in [6.45, 7) is 4.94. The molecule has 28 heavy (non-hydrogen) atoms. The van der Waals surface area contributed by atoms with Crippen LogP contribution >= 0.6 is 0 Å². The minimum atomic E-state index is -0.585. The summed E-state index contributed by atoms with van der Waals surface area (Å²) < 4.78 is 26.8. The van der Waals surface area contributed by atoms with Crippen LogP contribution in [0.1, 0.15) is 60.8 Å². The molecule has 0 bridgehead atoms. The third kappa shape index (κ3) is 4.64. The topological polar surface area (TPSA) is 66.1 Å². The lowest BCUT2D eigenvalue weighted by molar-refractivity contribution is 0.0665. The van der Waals surface area contributed by atoms with Gasteiger partial charge in [-0.15, -0.1) is 0 Å². The highest BCUT2D eigenvalue weighted by Gasteiger charge is 2.26. The fourth-order valence-corrected chi connectivity index (χ4v) is 3.59. The molecule has 1 N–H and O–H groups in total. The summed E-state index contributed by atoms with van der Waals surface area (Å²) in [5.41, 5.74) is 0.114. The van der Waals surface area contributed by atoms with Crippen molar-refractivity contribution in [1.82, 2.24) is 14.9 Å². The average molecular weight is 389 g/mol. The molecule has 2 aromatic rings. The lowest BCUT2D eigenvalue weighted by Crippen LogP contribution is -2.42. The lowest BCUT2D eigenvalue weighted by atomic mass is 9.91. The highest BCUT2D eigenvalue weighted by atomic mass is 19.1. The first kappa shape index (κ1) is 20.2. The number of rotatable bonds is 5. The molecule has 7 heteroatoms. The van der Waals surface area contributed by atoms with Crippen molar-refractivity contribution >= 4 is 5.91 Å². The second-order valence-corrected chi connectivity index (χ2v) is 7.70. The molecule has 0 saturated carbocycles. The zero-order chi connectivity index (χ0) is 20.3. The maximum Gasteiger partial charge on any atom is 0.263 e. The van der Waals surface area contributed by atoms with Crippen LogP contribution in [0.25, 0.3) is 0 Å². The van der Waals surface area contributed by atoms with Gasteiger partial charge in [0.25, 0.3) is 11.5 Å². The molecular formula is C21H25F2N3O2. The Labute approximate surface area is 162 Å². The van der Waals surface area contributed by atoms with Crippen molar-refractivity contribution in [1.29, 1.82) is 0 Å². The predicted molar refractivity (Wildman–Crippen MR) is 102 cm³/mol. The van der Waals surface area contributed by atoms with Gasteiger partial charge in [0.15, 0.2) is 0 Å². The molecule has 0 aliphatic carbocycles. The fourth-order valence-electron chi connectivity index (χ4n) is 3.59. The molecule has 150 valence electrons. The smallest absolute Gasteiger partial charge is 0.263 e. The van der Waals surface area contributed by atoms with E-state index in [1.165, 1.54) is 18.3 Å². The van der Waals surface area contributed by atoms with Crippen LogP contribution in [0.2, 0.25) is 0 Å². The molecular weight excluding hydrogens is 364 g/mol. The van der Waals surface area contributed by atoms with Gasteiger partial charge >= 0.3 is 0 Å². The maximum atomic E-state index is 13.8. The van der Waals surface area contributed by atoms with Gasteiger partial charge in [0, 0.05) is 31.3 Å². The Bertz CT molecular complexity index is 911. The van der Waals surface area contributed by atoms with Crippen molar-refractivity contribution < 1.29 is 13.6 Å². The predicted octanol–water partition coefficient (Wildman–Crippen LogP) is 3.66. The molecule has 2 heterocycles. The molecule has 1 amide bonds. The molecule has 3 rings (SSSR count). The molecule has 1 aliphatic rings. The SMILES string of the molecule is CC(C)c1ncc(C(=O)N2CCCC(CCc3ccc(F)cc3F)C2)c(=O)[nH]1. The maximum absolute atomic E-state index is 13.8. The third-order valence-electron chi connectivity index (χ3n) is 5.24. The first-order chi connectivity index (χ1) is 13.3. The van der Waals surface area contributed by atoms with Crippen molar-refractivity contribution in [3.8, 4) is 0 Å². The number of H-pyrrole nitrogens is 1. The summed E-state index contributed by atoms with van der Waals surface area (Å²) in [6.07, 6.45) is 4.32. The number of amides is 1. The summed E-state index contributed by atoms with van der Waals surface area (Å²) in [4.78, 5) is 33.6. The van der Waals surface area contributed by atoms with Gasteiger partial charge in [0.2, 0.25) is 0 Å². The standard InChI is InChI=1S/C21H25F2N3O2/c1-13(2)19-24-11-17(20(27)25-19)21(28)26-9-3-4-14(12-26)5-6-15-7-8-16(22)10-18(15)23/h7-8,10-11,13-14H,3-6,9,12H2,1-2H3,(H,24,25,27). The third-order valence-corrected chi connectivity index (χ3v) is 5.24.